The van der Waals surface area contributed by atoms with Crippen LogP contribution in [-0.2, 0) is 4.79 Å². The number of nitrogens with two attached hydrogens (primary N) is 1. The Morgan fingerprint density at radius 1 is 0.920 bits per heavy atom. The van der Waals surface area contributed by atoms with Gasteiger partial charge in [-0.05, 0) is 50.1 Å². The molecule has 1 aliphatic rings. The number of rotatable bonds is 7. The summed E-state index contributed by atoms with van der Waals surface area (Å²) in [5, 5.41) is 0.621. The van der Waals surface area contributed by atoms with Crippen LogP contribution in [0.1, 0.15) is 48.9 Å². The second-order valence-electron chi connectivity index (χ2n) is 6.49. The summed E-state index contributed by atoms with van der Waals surface area (Å²) in [6.45, 7) is 3.33. The zero-order valence-electron chi connectivity index (χ0n) is 14.8. The number of carbonyl (C=O) groups excluding carboxylic acids is 2. The number of nitrogens with zero attached hydrogens (tertiary/aromatic N) is 2. The van der Waals surface area contributed by atoms with Gasteiger partial charge in [-0.1, -0.05) is 24.4 Å². The highest BCUT2D eigenvalue weighted by molar-refractivity contribution is 6.30. The van der Waals surface area contributed by atoms with Crippen LogP contribution in [0.2, 0.25) is 5.02 Å². The smallest absolute Gasteiger partial charge is 0.253 e. The summed E-state index contributed by atoms with van der Waals surface area (Å²) in [5.41, 5.74) is 6.12. The van der Waals surface area contributed by atoms with Crippen LogP contribution in [0.3, 0.4) is 0 Å². The van der Waals surface area contributed by atoms with Crippen molar-refractivity contribution in [3.8, 4) is 0 Å². The summed E-state index contributed by atoms with van der Waals surface area (Å²) in [4.78, 5) is 28.7. The van der Waals surface area contributed by atoms with E-state index in [2.05, 4.69) is 0 Å². The first-order chi connectivity index (χ1) is 12.1. The molecule has 2 rings (SSSR count). The van der Waals surface area contributed by atoms with Crippen LogP contribution in [0.4, 0.5) is 0 Å². The van der Waals surface area contributed by atoms with Gasteiger partial charge in [0.25, 0.3) is 5.91 Å². The third-order valence-corrected chi connectivity index (χ3v) is 4.82. The first-order valence-corrected chi connectivity index (χ1v) is 9.52. The van der Waals surface area contributed by atoms with Crippen LogP contribution in [0.15, 0.2) is 24.3 Å². The molecule has 1 aliphatic heterocycles. The molecule has 0 aliphatic carbocycles. The van der Waals surface area contributed by atoms with E-state index in [9.17, 15) is 9.59 Å². The first-order valence-electron chi connectivity index (χ1n) is 9.14. The van der Waals surface area contributed by atoms with Gasteiger partial charge in [0.2, 0.25) is 5.91 Å². The largest absolute Gasteiger partial charge is 0.341 e. The summed E-state index contributed by atoms with van der Waals surface area (Å²) in [5.74, 6) is 0.210. The molecule has 2 amide bonds. The topological polar surface area (TPSA) is 66.6 Å². The van der Waals surface area contributed by atoms with Gasteiger partial charge in [0.05, 0.1) is 0 Å². The Hall–Kier alpha value is -1.59. The van der Waals surface area contributed by atoms with Gasteiger partial charge in [0, 0.05) is 43.2 Å². The van der Waals surface area contributed by atoms with Gasteiger partial charge in [-0.3, -0.25) is 9.59 Å². The quantitative estimate of drug-likeness (QED) is 0.755. The molecule has 1 aromatic rings. The lowest BCUT2D eigenvalue weighted by atomic mass is 10.1. The molecule has 0 radical (unpaired) electrons. The van der Waals surface area contributed by atoms with Crippen molar-refractivity contribution in [1.82, 2.24) is 9.80 Å². The van der Waals surface area contributed by atoms with E-state index in [0.29, 0.717) is 36.6 Å². The van der Waals surface area contributed by atoms with Crippen molar-refractivity contribution in [2.75, 3.05) is 32.7 Å². The van der Waals surface area contributed by atoms with Crippen LogP contribution in [0.25, 0.3) is 0 Å². The number of carbonyl (C=O) groups is 2. The van der Waals surface area contributed by atoms with Crippen molar-refractivity contribution in [3.63, 3.8) is 0 Å². The molecule has 0 atom stereocenters. The second kappa shape index (κ2) is 10.4. The van der Waals surface area contributed by atoms with Crippen LogP contribution < -0.4 is 5.73 Å². The van der Waals surface area contributed by atoms with Crippen LogP contribution in [0, 0.1) is 0 Å². The number of hydrogen-bond acceptors (Lipinski definition) is 3. The van der Waals surface area contributed by atoms with Crippen molar-refractivity contribution in [3.05, 3.63) is 34.9 Å². The molecule has 1 aromatic carbocycles. The van der Waals surface area contributed by atoms with Gasteiger partial charge >= 0.3 is 0 Å². The number of unbranched alkanes of at least 4 members (excludes halogenated alkanes) is 3. The molecule has 0 saturated carbocycles. The van der Waals surface area contributed by atoms with Crippen molar-refractivity contribution < 1.29 is 9.59 Å². The van der Waals surface area contributed by atoms with E-state index in [-0.39, 0.29) is 11.8 Å². The summed E-state index contributed by atoms with van der Waals surface area (Å²) in [7, 11) is 0. The molecular formula is C19H28ClN3O2. The highest BCUT2D eigenvalue weighted by Gasteiger charge is 2.22. The maximum Gasteiger partial charge on any atom is 0.253 e. The van der Waals surface area contributed by atoms with Gasteiger partial charge in [0.15, 0.2) is 0 Å². The molecule has 1 heterocycles. The molecule has 6 heteroatoms. The Morgan fingerprint density at radius 2 is 1.56 bits per heavy atom. The van der Waals surface area contributed by atoms with Gasteiger partial charge in [0.1, 0.15) is 0 Å². The summed E-state index contributed by atoms with van der Waals surface area (Å²) in [6, 6.07) is 6.96. The third-order valence-electron chi connectivity index (χ3n) is 4.57. The van der Waals surface area contributed by atoms with Crippen LogP contribution in [-0.4, -0.2) is 54.3 Å². The minimum absolute atomic E-state index is 0.00718. The fourth-order valence-electron chi connectivity index (χ4n) is 3.08. The lowest BCUT2D eigenvalue weighted by Gasteiger charge is -2.22. The van der Waals surface area contributed by atoms with Crippen molar-refractivity contribution >= 4 is 23.4 Å². The second-order valence-corrected chi connectivity index (χ2v) is 6.92. The molecule has 0 bridgehead atoms. The monoisotopic (exact) mass is 365 g/mol. The number of amides is 2. The fraction of sp³-hybridized carbons (Fsp3) is 0.579. The average Bonchev–Trinajstić information content (AvgIpc) is 2.87. The molecule has 2 N–H and O–H groups in total. The van der Waals surface area contributed by atoms with Crippen molar-refractivity contribution in [2.45, 2.75) is 38.5 Å². The van der Waals surface area contributed by atoms with E-state index in [0.717, 1.165) is 45.2 Å². The molecule has 5 nitrogen and oxygen atoms in total. The molecule has 1 saturated heterocycles. The van der Waals surface area contributed by atoms with Gasteiger partial charge in [-0.15, -0.1) is 0 Å². The minimum atomic E-state index is 0.00718. The highest BCUT2D eigenvalue weighted by atomic mass is 35.5. The van der Waals surface area contributed by atoms with Crippen molar-refractivity contribution in [2.24, 2.45) is 5.73 Å². The van der Waals surface area contributed by atoms with E-state index in [1.807, 2.05) is 9.80 Å². The maximum absolute atomic E-state index is 12.6. The zero-order chi connectivity index (χ0) is 18.1. The van der Waals surface area contributed by atoms with Crippen LogP contribution in [0.5, 0.6) is 0 Å². The zero-order valence-corrected chi connectivity index (χ0v) is 15.5. The lowest BCUT2D eigenvalue weighted by Crippen LogP contribution is -2.37. The van der Waals surface area contributed by atoms with Crippen molar-refractivity contribution in [1.29, 1.82) is 0 Å². The summed E-state index contributed by atoms with van der Waals surface area (Å²) >= 11 is 5.88. The molecule has 1 fully saturated rings. The number of halogens is 1. The molecule has 0 aromatic heterocycles. The molecule has 0 spiro atoms. The van der Waals surface area contributed by atoms with E-state index >= 15 is 0 Å². The third kappa shape index (κ3) is 6.33. The Balaban J connectivity index is 1.80. The van der Waals surface area contributed by atoms with E-state index < -0.39 is 0 Å². The molecular weight excluding hydrogens is 338 g/mol. The summed E-state index contributed by atoms with van der Waals surface area (Å²) < 4.78 is 0. The first kappa shape index (κ1) is 19.7. The van der Waals surface area contributed by atoms with E-state index in [1.54, 1.807) is 24.3 Å². The van der Waals surface area contributed by atoms with Crippen LogP contribution >= 0.6 is 11.6 Å². The maximum atomic E-state index is 12.6. The minimum Gasteiger partial charge on any atom is -0.341 e. The lowest BCUT2D eigenvalue weighted by molar-refractivity contribution is -0.131. The molecule has 25 heavy (non-hydrogen) atoms. The SMILES string of the molecule is NCCCCCCC(=O)N1CCCN(C(=O)c2ccc(Cl)cc2)CC1. The van der Waals surface area contributed by atoms with Gasteiger partial charge in [-0.25, -0.2) is 0 Å². The molecule has 0 unspecified atom stereocenters. The predicted molar refractivity (Wildman–Crippen MR) is 101 cm³/mol. The Kier molecular flexibility index (Phi) is 8.22. The fourth-order valence-corrected chi connectivity index (χ4v) is 3.20. The van der Waals surface area contributed by atoms with Gasteiger partial charge in [-0.2, -0.15) is 0 Å². The average molecular weight is 366 g/mol. The van der Waals surface area contributed by atoms with E-state index in [4.69, 9.17) is 17.3 Å². The predicted octanol–water partition coefficient (Wildman–Crippen LogP) is 2.92. The standard InChI is InChI=1S/C19H28ClN3O2/c20-17-9-7-16(8-10-17)19(25)23-13-5-12-22(14-15-23)18(24)6-3-1-2-4-11-21/h7-10H,1-6,11-15,21H2. The van der Waals surface area contributed by atoms with Gasteiger partial charge < -0.3 is 15.5 Å². The molecule has 138 valence electrons. The summed E-state index contributed by atoms with van der Waals surface area (Å²) in [6.07, 6.45) is 5.50. The Bertz CT molecular complexity index is 562. The van der Waals surface area contributed by atoms with E-state index in [1.165, 1.54) is 0 Å². The number of hydrogen-bond donors (Lipinski definition) is 1. The normalized spacial score (nSPS) is 15.1. The Labute approximate surface area is 155 Å². The Morgan fingerprint density at radius 3 is 2.28 bits per heavy atom. The number of benzene rings is 1. The highest BCUT2D eigenvalue weighted by Crippen LogP contribution is 2.14.